The van der Waals surface area contributed by atoms with Crippen LogP contribution in [0.15, 0.2) is 78.9 Å². The lowest BCUT2D eigenvalue weighted by Crippen LogP contribution is -2.55. The van der Waals surface area contributed by atoms with E-state index in [0.717, 1.165) is 23.1 Å². The Balaban J connectivity index is 1.92. The Labute approximate surface area is 215 Å². The molecule has 3 rings (SSSR count). The lowest BCUT2D eigenvalue weighted by Gasteiger charge is -2.34. The van der Waals surface area contributed by atoms with Gasteiger partial charge >= 0.3 is 0 Å². The van der Waals surface area contributed by atoms with Crippen molar-refractivity contribution in [3.05, 3.63) is 101 Å². The molecule has 0 saturated heterocycles. The Morgan fingerprint density at radius 1 is 0.889 bits per heavy atom. The SMILES string of the molecule is CCc1ccc(OCC(=O)N(Cc2ccccc2C)[C@@H](Cc2ccccc2)C(=O)NC(C)(C)C)cc1. The van der Waals surface area contributed by atoms with Crippen molar-refractivity contribution >= 4 is 11.8 Å². The zero-order chi connectivity index (χ0) is 26.1. The Kier molecular flexibility index (Phi) is 9.29. The number of carbonyl (C=O) groups excluding carboxylic acids is 2. The summed E-state index contributed by atoms with van der Waals surface area (Å²) in [5, 5.41) is 3.09. The monoisotopic (exact) mass is 486 g/mol. The second-order valence-electron chi connectivity index (χ2n) is 10.2. The van der Waals surface area contributed by atoms with Crippen LogP contribution in [-0.2, 0) is 29.0 Å². The fourth-order valence-corrected chi connectivity index (χ4v) is 4.03. The molecule has 36 heavy (non-hydrogen) atoms. The maximum absolute atomic E-state index is 13.7. The van der Waals surface area contributed by atoms with E-state index >= 15 is 0 Å². The first kappa shape index (κ1) is 27.0. The number of amides is 2. The van der Waals surface area contributed by atoms with E-state index in [1.54, 1.807) is 4.90 Å². The van der Waals surface area contributed by atoms with Crippen LogP contribution >= 0.6 is 0 Å². The average molecular weight is 487 g/mol. The molecule has 1 N–H and O–H groups in total. The van der Waals surface area contributed by atoms with E-state index in [1.165, 1.54) is 5.56 Å². The first-order valence-corrected chi connectivity index (χ1v) is 12.6. The van der Waals surface area contributed by atoms with Crippen molar-refractivity contribution in [3.63, 3.8) is 0 Å². The molecule has 0 bridgehead atoms. The van der Waals surface area contributed by atoms with Gasteiger partial charge in [0.15, 0.2) is 6.61 Å². The largest absolute Gasteiger partial charge is 0.484 e. The third-order valence-electron chi connectivity index (χ3n) is 6.07. The number of aryl methyl sites for hydroxylation is 2. The van der Waals surface area contributed by atoms with Gasteiger partial charge in [-0.2, -0.15) is 0 Å². The topological polar surface area (TPSA) is 58.6 Å². The Bertz CT molecular complexity index is 1130. The molecule has 0 aliphatic rings. The van der Waals surface area contributed by atoms with E-state index in [0.29, 0.717) is 18.7 Å². The maximum atomic E-state index is 13.7. The second kappa shape index (κ2) is 12.4. The van der Waals surface area contributed by atoms with Crippen LogP contribution in [0.2, 0.25) is 0 Å². The molecular formula is C31H38N2O3. The van der Waals surface area contributed by atoms with Crippen molar-refractivity contribution in [3.8, 4) is 5.75 Å². The minimum atomic E-state index is -0.690. The Hall–Kier alpha value is -3.60. The fourth-order valence-electron chi connectivity index (χ4n) is 4.03. The number of nitrogens with zero attached hydrogens (tertiary/aromatic N) is 1. The van der Waals surface area contributed by atoms with Crippen molar-refractivity contribution < 1.29 is 14.3 Å². The van der Waals surface area contributed by atoms with Gasteiger partial charge in [0, 0.05) is 18.5 Å². The van der Waals surface area contributed by atoms with Gasteiger partial charge in [-0.05, 0) is 68.5 Å². The summed E-state index contributed by atoms with van der Waals surface area (Å²) < 4.78 is 5.87. The van der Waals surface area contributed by atoms with Crippen LogP contribution in [0.5, 0.6) is 5.75 Å². The van der Waals surface area contributed by atoms with E-state index in [-0.39, 0.29) is 18.4 Å². The predicted molar refractivity (Wildman–Crippen MR) is 145 cm³/mol. The number of hydrogen-bond acceptors (Lipinski definition) is 3. The van der Waals surface area contributed by atoms with Crippen LogP contribution in [-0.4, -0.2) is 34.9 Å². The quantitative estimate of drug-likeness (QED) is 0.412. The lowest BCUT2D eigenvalue weighted by molar-refractivity contribution is -0.143. The molecular weight excluding hydrogens is 448 g/mol. The van der Waals surface area contributed by atoms with Crippen LogP contribution in [0.25, 0.3) is 0 Å². The molecule has 5 heteroatoms. The molecule has 0 radical (unpaired) electrons. The predicted octanol–water partition coefficient (Wildman–Crippen LogP) is 5.49. The van der Waals surface area contributed by atoms with E-state index in [4.69, 9.17) is 4.74 Å². The van der Waals surface area contributed by atoms with Crippen molar-refractivity contribution in [1.82, 2.24) is 10.2 Å². The van der Waals surface area contributed by atoms with Gasteiger partial charge in [0.1, 0.15) is 11.8 Å². The van der Waals surface area contributed by atoms with Crippen LogP contribution in [0, 0.1) is 6.92 Å². The summed E-state index contributed by atoms with van der Waals surface area (Å²) in [7, 11) is 0. The molecule has 0 heterocycles. The standard InChI is InChI=1S/C31H38N2O3/c1-6-24-16-18-27(19-17-24)36-22-29(34)33(21-26-15-11-10-12-23(26)2)28(30(35)32-31(3,4)5)20-25-13-8-7-9-14-25/h7-19,28H,6,20-22H2,1-5H3,(H,32,35)/t28-/m0/s1. The van der Waals surface area contributed by atoms with Crippen molar-refractivity contribution in [2.75, 3.05) is 6.61 Å². The molecule has 2 amide bonds. The number of carbonyl (C=O) groups is 2. The first-order valence-electron chi connectivity index (χ1n) is 12.6. The van der Waals surface area contributed by atoms with E-state index in [9.17, 15) is 9.59 Å². The normalized spacial score (nSPS) is 12.0. The van der Waals surface area contributed by atoms with Crippen LogP contribution in [0.3, 0.4) is 0 Å². The molecule has 0 aliphatic carbocycles. The van der Waals surface area contributed by atoms with Gasteiger partial charge < -0.3 is 15.0 Å². The third kappa shape index (κ3) is 7.98. The summed E-state index contributed by atoms with van der Waals surface area (Å²) in [4.78, 5) is 28.9. The second-order valence-corrected chi connectivity index (χ2v) is 10.2. The highest BCUT2D eigenvalue weighted by molar-refractivity contribution is 5.89. The zero-order valence-corrected chi connectivity index (χ0v) is 22.1. The number of hydrogen-bond donors (Lipinski definition) is 1. The molecule has 0 aromatic heterocycles. The average Bonchev–Trinajstić information content (AvgIpc) is 2.85. The number of nitrogens with one attached hydrogen (secondary N) is 1. The minimum Gasteiger partial charge on any atom is -0.484 e. The van der Waals surface area contributed by atoms with Gasteiger partial charge in [-0.15, -0.1) is 0 Å². The first-order chi connectivity index (χ1) is 17.2. The summed E-state index contributed by atoms with van der Waals surface area (Å²) in [5.74, 6) is 0.221. The Morgan fingerprint density at radius 3 is 2.14 bits per heavy atom. The molecule has 3 aromatic rings. The number of rotatable bonds is 10. The lowest BCUT2D eigenvalue weighted by atomic mass is 10.00. The van der Waals surface area contributed by atoms with E-state index in [1.807, 2.05) is 107 Å². The smallest absolute Gasteiger partial charge is 0.261 e. The van der Waals surface area contributed by atoms with Gasteiger partial charge in [-0.3, -0.25) is 9.59 Å². The summed E-state index contributed by atoms with van der Waals surface area (Å²) in [5.41, 5.74) is 3.84. The third-order valence-corrected chi connectivity index (χ3v) is 6.07. The van der Waals surface area contributed by atoms with Gasteiger partial charge in [-0.25, -0.2) is 0 Å². The van der Waals surface area contributed by atoms with Gasteiger partial charge in [0.05, 0.1) is 0 Å². The van der Waals surface area contributed by atoms with Gasteiger partial charge in [0.25, 0.3) is 5.91 Å². The molecule has 190 valence electrons. The highest BCUT2D eigenvalue weighted by Gasteiger charge is 2.32. The summed E-state index contributed by atoms with van der Waals surface area (Å²) in [6, 6.07) is 24.8. The summed E-state index contributed by atoms with van der Waals surface area (Å²) in [6.07, 6.45) is 1.35. The van der Waals surface area contributed by atoms with Gasteiger partial charge in [0.2, 0.25) is 5.91 Å². The molecule has 0 unspecified atom stereocenters. The fraction of sp³-hybridized carbons (Fsp3) is 0.355. The van der Waals surface area contributed by atoms with Crippen molar-refractivity contribution in [1.29, 1.82) is 0 Å². The van der Waals surface area contributed by atoms with Gasteiger partial charge in [-0.1, -0.05) is 73.7 Å². The maximum Gasteiger partial charge on any atom is 0.261 e. The summed E-state index contributed by atoms with van der Waals surface area (Å²) in [6.45, 7) is 10.1. The molecule has 5 nitrogen and oxygen atoms in total. The molecule has 0 saturated carbocycles. The molecule has 0 aliphatic heterocycles. The minimum absolute atomic E-state index is 0.147. The van der Waals surface area contributed by atoms with Crippen molar-refractivity contribution in [2.45, 2.75) is 65.6 Å². The molecule has 0 spiro atoms. The van der Waals surface area contributed by atoms with Crippen LogP contribution in [0.1, 0.15) is 49.9 Å². The summed E-state index contributed by atoms with van der Waals surface area (Å²) >= 11 is 0. The number of ether oxygens (including phenoxy) is 1. The van der Waals surface area contributed by atoms with Crippen LogP contribution in [0.4, 0.5) is 0 Å². The highest BCUT2D eigenvalue weighted by Crippen LogP contribution is 2.19. The number of benzene rings is 3. The zero-order valence-electron chi connectivity index (χ0n) is 22.1. The highest BCUT2D eigenvalue weighted by atomic mass is 16.5. The molecule has 0 fully saturated rings. The van der Waals surface area contributed by atoms with E-state index in [2.05, 4.69) is 12.2 Å². The van der Waals surface area contributed by atoms with E-state index < -0.39 is 11.6 Å². The van der Waals surface area contributed by atoms with Crippen LogP contribution < -0.4 is 10.1 Å². The molecule has 3 aromatic carbocycles. The molecule has 1 atom stereocenters. The van der Waals surface area contributed by atoms with Crippen molar-refractivity contribution in [2.24, 2.45) is 0 Å². The Morgan fingerprint density at radius 2 is 1.53 bits per heavy atom.